The molecule has 3 aromatic carbocycles. The number of amides is 3. The number of aliphatic carboxylic acids is 1. The normalized spacial score (nSPS) is 14.8. The number of carbonyl (C=O) groups is 4. The van der Waals surface area contributed by atoms with E-state index in [9.17, 15) is 24.3 Å². The summed E-state index contributed by atoms with van der Waals surface area (Å²) in [6.07, 6.45) is -0.158. The zero-order chi connectivity index (χ0) is 29.7. The summed E-state index contributed by atoms with van der Waals surface area (Å²) in [6, 6.07) is 18.9. The zero-order valence-corrected chi connectivity index (χ0v) is 23.6. The number of para-hydroxylation sites is 1. The third-order valence-electron chi connectivity index (χ3n) is 7.02. The Balaban J connectivity index is 1.38. The lowest BCUT2D eigenvalue weighted by Gasteiger charge is -2.27. The molecule has 1 aliphatic rings. The molecule has 1 aliphatic heterocycles. The largest absolute Gasteiger partial charge is 0.481 e. The molecule has 0 bridgehead atoms. The lowest BCUT2D eigenvalue weighted by Crippen LogP contribution is -2.41. The summed E-state index contributed by atoms with van der Waals surface area (Å²) in [6.45, 7) is 5.86. The van der Waals surface area contributed by atoms with E-state index in [1.807, 2.05) is 43.3 Å². The number of hydrogen-bond acceptors (Lipinski definition) is 6. The van der Waals surface area contributed by atoms with Crippen molar-refractivity contribution in [1.82, 2.24) is 4.90 Å². The molecular formula is C31H35N5O5. The number of carbonyl (C=O) groups excluding carboxylic acids is 3. The molecule has 1 heterocycles. The number of likely N-dealkylation sites (N-methyl/N-ethyl adjacent to an activating group) is 1. The number of ketones is 1. The molecule has 0 aliphatic carbocycles. The summed E-state index contributed by atoms with van der Waals surface area (Å²) in [5.74, 6) is -1.40. The van der Waals surface area contributed by atoms with Crippen LogP contribution in [-0.2, 0) is 27.3 Å². The van der Waals surface area contributed by atoms with Crippen LogP contribution in [0.25, 0.3) is 0 Å². The predicted octanol–water partition coefficient (Wildman–Crippen LogP) is 4.87. The number of hydrogen-bond donors (Lipinski definition) is 5. The van der Waals surface area contributed by atoms with E-state index in [1.165, 1.54) is 4.90 Å². The van der Waals surface area contributed by atoms with E-state index < -0.39 is 17.6 Å². The Hall–Kier alpha value is -4.86. The van der Waals surface area contributed by atoms with Crippen LogP contribution in [0.2, 0.25) is 0 Å². The molecular weight excluding hydrogens is 522 g/mol. The highest BCUT2D eigenvalue weighted by Gasteiger charge is 2.30. The fraction of sp³-hybridized carbons (Fsp3) is 0.290. The summed E-state index contributed by atoms with van der Waals surface area (Å²) in [5.41, 5.74) is 4.34. The number of anilines is 4. The Morgan fingerprint density at radius 2 is 1.68 bits per heavy atom. The number of nitrogens with zero attached hydrogens (tertiary/aromatic N) is 1. The molecule has 5 N–H and O–H groups in total. The van der Waals surface area contributed by atoms with Crippen LogP contribution in [0.4, 0.5) is 27.5 Å². The number of benzene rings is 3. The van der Waals surface area contributed by atoms with Crippen LogP contribution in [0.3, 0.4) is 0 Å². The minimum absolute atomic E-state index is 0.0444. The van der Waals surface area contributed by atoms with E-state index in [-0.39, 0.29) is 30.6 Å². The van der Waals surface area contributed by atoms with E-state index in [0.717, 1.165) is 22.4 Å². The Labute approximate surface area is 239 Å². The molecule has 0 spiro atoms. The second kappa shape index (κ2) is 12.1. The van der Waals surface area contributed by atoms with E-state index >= 15 is 0 Å². The molecule has 10 nitrogen and oxygen atoms in total. The summed E-state index contributed by atoms with van der Waals surface area (Å²) in [5, 5.41) is 21.2. The maximum atomic E-state index is 13.3. The molecule has 3 amide bonds. The summed E-state index contributed by atoms with van der Waals surface area (Å²) in [7, 11) is 1.64. The first-order chi connectivity index (χ1) is 19.4. The van der Waals surface area contributed by atoms with Crippen molar-refractivity contribution in [2.75, 3.05) is 28.3 Å². The van der Waals surface area contributed by atoms with Crippen LogP contribution in [0.5, 0.6) is 0 Å². The molecule has 4 rings (SSSR count). The van der Waals surface area contributed by atoms with Gasteiger partial charge in [-0.25, -0.2) is 4.79 Å². The average molecular weight is 558 g/mol. The highest BCUT2D eigenvalue weighted by molar-refractivity contribution is 6.00. The molecule has 0 saturated heterocycles. The first-order valence-electron chi connectivity index (χ1n) is 13.3. The van der Waals surface area contributed by atoms with Crippen molar-refractivity contribution >= 4 is 46.4 Å². The first-order valence-corrected chi connectivity index (χ1v) is 13.3. The van der Waals surface area contributed by atoms with Crippen LogP contribution in [0.1, 0.15) is 37.0 Å². The number of urea groups is 1. The fourth-order valence-corrected chi connectivity index (χ4v) is 4.63. The monoisotopic (exact) mass is 557 g/mol. The number of carboxylic acid groups (broad SMARTS) is 1. The molecule has 1 unspecified atom stereocenters. The van der Waals surface area contributed by atoms with E-state index in [1.54, 1.807) is 51.2 Å². The highest BCUT2D eigenvalue weighted by atomic mass is 16.4. The third kappa shape index (κ3) is 7.42. The van der Waals surface area contributed by atoms with Crippen LogP contribution in [-0.4, -0.2) is 52.3 Å². The van der Waals surface area contributed by atoms with Crippen LogP contribution in [0.15, 0.2) is 66.7 Å². The third-order valence-corrected chi connectivity index (χ3v) is 7.02. The zero-order valence-electron chi connectivity index (χ0n) is 23.6. The molecule has 41 heavy (non-hydrogen) atoms. The Kier molecular flexibility index (Phi) is 8.61. The van der Waals surface area contributed by atoms with Gasteiger partial charge in [-0.15, -0.1) is 0 Å². The van der Waals surface area contributed by atoms with Crippen molar-refractivity contribution in [2.24, 2.45) is 0 Å². The average Bonchev–Trinajstić information content (AvgIpc) is 3.01. The van der Waals surface area contributed by atoms with Gasteiger partial charge in [-0.3, -0.25) is 14.4 Å². The van der Waals surface area contributed by atoms with Crippen LogP contribution >= 0.6 is 0 Å². The van der Waals surface area contributed by atoms with Crippen molar-refractivity contribution < 1.29 is 24.3 Å². The number of carboxylic acids is 1. The minimum Gasteiger partial charge on any atom is -0.481 e. The topological polar surface area (TPSA) is 140 Å². The molecule has 10 heteroatoms. The van der Waals surface area contributed by atoms with Crippen LogP contribution in [0, 0.1) is 6.92 Å². The van der Waals surface area contributed by atoms with Crippen molar-refractivity contribution in [2.45, 2.75) is 51.7 Å². The first kappa shape index (κ1) is 29.1. The van der Waals surface area contributed by atoms with E-state index in [4.69, 9.17) is 0 Å². The van der Waals surface area contributed by atoms with Gasteiger partial charge in [0.2, 0.25) is 5.91 Å². The molecule has 1 atom stereocenters. The van der Waals surface area contributed by atoms with Gasteiger partial charge in [0.25, 0.3) is 0 Å². The number of fused-ring (bicyclic) bond motifs is 1. The molecule has 0 saturated carbocycles. The number of rotatable bonds is 9. The Bertz CT molecular complexity index is 1470. The highest BCUT2D eigenvalue weighted by Crippen LogP contribution is 2.29. The fourth-order valence-electron chi connectivity index (χ4n) is 4.63. The lowest BCUT2D eigenvalue weighted by atomic mass is 9.93. The molecule has 0 radical (unpaired) electrons. The molecule has 3 aromatic rings. The number of nitrogens with one attached hydrogen (secondary N) is 4. The maximum Gasteiger partial charge on any atom is 0.323 e. The molecule has 0 aromatic heterocycles. The van der Waals surface area contributed by atoms with Gasteiger partial charge in [-0.05, 0) is 67.8 Å². The van der Waals surface area contributed by atoms with Gasteiger partial charge in [0, 0.05) is 42.8 Å². The van der Waals surface area contributed by atoms with Gasteiger partial charge in [-0.2, -0.15) is 0 Å². The van der Waals surface area contributed by atoms with E-state index in [2.05, 4.69) is 21.3 Å². The van der Waals surface area contributed by atoms with Crippen molar-refractivity contribution in [3.05, 3.63) is 83.4 Å². The quantitative estimate of drug-likeness (QED) is 0.253. The van der Waals surface area contributed by atoms with Gasteiger partial charge in [-0.1, -0.05) is 36.4 Å². The van der Waals surface area contributed by atoms with Crippen LogP contribution < -0.4 is 21.3 Å². The summed E-state index contributed by atoms with van der Waals surface area (Å²) in [4.78, 5) is 51.0. The van der Waals surface area contributed by atoms with Crippen molar-refractivity contribution in [3.63, 3.8) is 0 Å². The smallest absolute Gasteiger partial charge is 0.323 e. The number of Topliss-reactive ketones (excluding diaryl/α,β-unsaturated/α-hetero) is 1. The predicted molar refractivity (Wildman–Crippen MR) is 159 cm³/mol. The maximum absolute atomic E-state index is 13.3. The van der Waals surface area contributed by atoms with Gasteiger partial charge in [0.15, 0.2) is 5.78 Å². The second-order valence-electron chi connectivity index (χ2n) is 10.8. The molecule has 214 valence electrons. The van der Waals surface area contributed by atoms with Crippen molar-refractivity contribution in [3.8, 4) is 0 Å². The lowest BCUT2D eigenvalue weighted by molar-refractivity contribution is -0.141. The van der Waals surface area contributed by atoms with E-state index in [0.29, 0.717) is 23.6 Å². The summed E-state index contributed by atoms with van der Waals surface area (Å²) >= 11 is 0. The van der Waals surface area contributed by atoms with Gasteiger partial charge >= 0.3 is 12.0 Å². The number of aryl methyl sites for hydroxylation is 1. The van der Waals surface area contributed by atoms with Crippen molar-refractivity contribution in [1.29, 1.82) is 0 Å². The van der Waals surface area contributed by atoms with Gasteiger partial charge in [0.1, 0.15) is 6.04 Å². The minimum atomic E-state index is -1.07. The Morgan fingerprint density at radius 1 is 1.00 bits per heavy atom. The Morgan fingerprint density at radius 3 is 2.37 bits per heavy atom. The van der Waals surface area contributed by atoms with Gasteiger partial charge < -0.3 is 31.3 Å². The standard InChI is InChI=1S/C31H35N5O5/c1-19-7-5-6-8-24(19)34-30(41)32-22-12-9-20(10-13-22)15-27(37)31(2,3)35-23-14-11-21-18-36(4)29(40)26(17-28(38)39)33-25(21)16-23/h5-14,16,26,33,35H,15,17-18H2,1-4H3,(H,38,39)(H2,32,34,41). The summed E-state index contributed by atoms with van der Waals surface area (Å²) < 4.78 is 0. The second-order valence-corrected chi connectivity index (χ2v) is 10.8. The SMILES string of the molecule is Cc1ccccc1NC(=O)Nc1ccc(CC(=O)C(C)(C)Nc2ccc3c(c2)NC(CC(=O)O)C(=O)N(C)C3)cc1. The van der Waals surface area contributed by atoms with Gasteiger partial charge in [0.05, 0.1) is 12.0 Å². The molecule has 0 fully saturated rings.